The fraction of sp³-hybridized carbons (Fsp3) is 0.278. The third kappa shape index (κ3) is 7.07. The fourth-order valence-electron chi connectivity index (χ4n) is 2.26. The van der Waals surface area contributed by atoms with Gasteiger partial charge < -0.3 is 10.6 Å². The van der Waals surface area contributed by atoms with Gasteiger partial charge in [0.2, 0.25) is 0 Å². The summed E-state index contributed by atoms with van der Waals surface area (Å²) in [6, 6.07) is 17.7. The number of nitrogens with zero attached hydrogens (tertiary/aromatic N) is 1. The van der Waals surface area contributed by atoms with E-state index in [4.69, 9.17) is 0 Å². The minimum Gasteiger partial charge on any atom is -0.355 e. The zero-order valence-corrected chi connectivity index (χ0v) is 19.0. The Hall–Kier alpha value is -0.930. The minimum atomic E-state index is -1.01. The summed E-state index contributed by atoms with van der Waals surface area (Å²) in [7, 11) is 0.725. The first-order valence-electron chi connectivity index (χ1n) is 7.77. The molecule has 0 amide bonds. The summed E-state index contributed by atoms with van der Waals surface area (Å²) >= 11 is 3.57. The topological polar surface area (TPSA) is 53.5 Å². The lowest BCUT2D eigenvalue weighted by molar-refractivity contribution is 0.676. The number of hydrogen-bond acceptors (Lipinski definition) is 2. The maximum absolute atomic E-state index is 12.2. The van der Waals surface area contributed by atoms with Crippen LogP contribution in [0.15, 0.2) is 69.0 Å². The Morgan fingerprint density at radius 1 is 1.16 bits per heavy atom. The summed E-state index contributed by atoms with van der Waals surface area (Å²) in [4.78, 5) is 5.08. The first-order chi connectivity index (χ1) is 11.6. The van der Waals surface area contributed by atoms with Crippen molar-refractivity contribution in [2.75, 3.05) is 19.3 Å². The van der Waals surface area contributed by atoms with Gasteiger partial charge in [0.05, 0.1) is 16.8 Å². The molecule has 0 bridgehead atoms. The van der Waals surface area contributed by atoms with Crippen LogP contribution in [0.5, 0.6) is 0 Å². The summed E-state index contributed by atoms with van der Waals surface area (Å²) in [6.45, 7) is 2.67. The van der Waals surface area contributed by atoms with E-state index in [1.807, 2.05) is 48.5 Å². The molecule has 0 aliphatic carbocycles. The van der Waals surface area contributed by atoms with Crippen LogP contribution in [0.4, 0.5) is 0 Å². The molecule has 0 aliphatic heterocycles. The molecule has 2 rings (SSSR count). The van der Waals surface area contributed by atoms with Crippen LogP contribution in [0.2, 0.25) is 0 Å². The Balaban J connectivity index is 0.00000312. The van der Waals surface area contributed by atoms with Crippen molar-refractivity contribution < 1.29 is 4.21 Å². The Bertz CT molecular complexity index is 712. The summed E-state index contributed by atoms with van der Waals surface area (Å²) < 4.78 is 13.3. The summed E-state index contributed by atoms with van der Waals surface area (Å²) in [6.07, 6.45) is 0. The second-order valence-electron chi connectivity index (χ2n) is 5.25. The lowest BCUT2D eigenvalue weighted by Crippen LogP contribution is -2.40. The summed E-state index contributed by atoms with van der Waals surface area (Å²) in [5, 5.41) is 6.57. The molecule has 0 saturated heterocycles. The van der Waals surface area contributed by atoms with Crippen LogP contribution in [-0.4, -0.2) is 29.5 Å². The molecule has 2 aromatic carbocycles. The zero-order valence-electron chi connectivity index (χ0n) is 14.2. The number of aliphatic imine (C=N–C) groups is 1. The molecule has 2 unspecified atom stereocenters. The highest BCUT2D eigenvalue weighted by Gasteiger charge is 2.10. The van der Waals surface area contributed by atoms with Crippen LogP contribution >= 0.6 is 39.9 Å². The second kappa shape index (κ2) is 11.6. The van der Waals surface area contributed by atoms with Crippen molar-refractivity contribution in [1.82, 2.24) is 10.6 Å². The van der Waals surface area contributed by atoms with Crippen LogP contribution in [0.25, 0.3) is 0 Å². The van der Waals surface area contributed by atoms with Gasteiger partial charge in [-0.1, -0.05) is 52.3 Å². The number of halogens is 2. The van der Waals surface area contributed by atoms with Crippen LogP contribution in [0, 0.1) is 0 Å². The number of nitrogens with one attached hydrogen (secondary N) is 2. The smallest absolute Gasteiger partial charge is 0.191 e. The van der Waals surface area contributed by atoms with Crippen molar-refractivity contribution in [3.63, 3.8) is 0 Å². The predicted molar refractivity (Wildman–Crippen MR) is 120 cm³/mol. The van der Waals surface area contributed by atoms with E-state index >= 15 is 0 Å². The van der Waals surface area contributed by atoms with Crippen molar-refractivity contribution >= 4 is 56.7 Å². The molecule has 0 aromatic heterocycles. The molecule has 136 valence electrons. The van der Waals surface area contributed by atoms with E-state index in [0.717, 1.165) is 14.9 Å². The van der Waals surface area contributed by atoms with Gasteiger partial charge in [-0.25, -0.2) is 0 Å². The molecule has 2 N–H and O–H groups in total. The van der Waals surface area contributed by atoms with E-state index in [1.165, 1.54) is 0 Å². The highest BCUT2D eigenvalue weighted by atomic mass is 127. The SMILES string of the molecule is CN=C(NCCS(=O)c1ccccc1)NC(C)c1ccccc1Br.I. The van der Waals surface area contributed by atoms with Crippen LogP contribution < -0.4 is 10.6 Å². The molecule has 0 radical (unpaired) electrons. The molecule has 0 aliphatic rings. The number of hydrogen-bond donors (Lipinski definition) is 2. The van der Waals surface area contributed by atoms with E-state index in [2.05, 4.69) is 44.5 Å². The van der Waals surface area contributed by atoms with Gasteiger partial charge in [-0.2, -0.15) is 0 Å². The van der Waals surface area contributed by atoms with E-state index < -0.39 is 10.8 Å². The van der Waals surface area contributed by atoms with Gasteiger partial charge >= 0.3 is 0 Å². The van der Waals surface area contributed by atoms with Crippen LogP contribution in [-0.2, 0) is 10.8 Å². The van der Waals surface area contributed by atoms with Crippen molar-refractivity contribution in [3.05, 3.63) is 64.6 Å². The molecular weight excluding hydrogens is 513 g/mol. The largest absolute Gasteiger partial charge is 0.355 e. The molecule has 0 spiro atoms. The molecule has 7 heteroatoms. The Morgan fingerprint density at radius 2 is 1.80 bits per heavy atom. The van der Waals surface area contributed by atoms with E-state index in [1.54, 1.807) is 7.05 Å². The van der Waals surface area contributed by atoms with Gasteiger partial charge in [-0.3, -0.25) is 9.20 Å². The van der Waals surface area contributed by atoms with Crippen molar-refractivity contribution in [2.45, 2.75) is 17.9 Å². The standard InChI is InChI=1S/C18H22BrN3OS.HI/c1-14(16-10-6-7-11-17(16)19)22-18(20-2)21-12-13-24(23)15-8-4-3-5-9-15;/h3-11,14H,12-13H2,1-2H3,(H2,20,21,22);1H. The minimum absolute atomic E-state index is 0. The quantitative estimate of drug-likeness (QED) is 0.332. The molecule has 2 atom stereocenters. The van der Waals surface area contributed by atoms with E-state index in [9.17, 15) is 4.21 Å². The highest BCUT2D eigenvalue weighted by molar-refractivity contribution is 14.0. The van der Waals surface area contributed by atoms with Crippen molar-refractivity contribution in [1.29, 1.82) is 0 Å². The van der Waals surface area contributed by atoms with Gasteiger partial charge in [0, 0.05) is 28.7 Å². The molecule has 4 nitrogen and oxygen atoms in total. The van der Waals surface area contributed by atoms with Gasteiger partial charge in [0.15, 0.2) is 5.96 Å². The van der Waals surface area contributed by atoms with Gasteiger partial charge in [-0.05, 0) is 30.7 Å². The summed E-state index contributed by atoms with van der Waals surface area (Å²) in [5.41, 5.74) is 1.16. The number of guanidine groups is 1. The first kappa shape index (κ1) is 22.1. The van der Waals surface area contributed by atoms with Crippen molar-refractivity contribution in [3.8, 4) is 0 Å². The zero-order chi connectivity index (χ0) is 17.4. The highest BCUT2D eigenvalue weighted by Crippen LogP contribution is 2.22. The monoisotopic (exact) mass is 535 g/mol. The Labute approximate surface area is 177 Å². The summed E-state index contributed by atoms with van der Waals surface area (Å²) in [5.74, 6) is 1.23. The molecule has 0 fully saturated rings. The van der Waals surface area contributed by atoms with E-state index in [0.29, 0.717) is 18.3 Å². The predicted octanol–water partition coefficient (Wildman–Crippen LogP) is 4.10. The third-order valence-corrected chi connectivity index (χ3v) is 5.63. The first-order valence-corrected chi connectivity index (χ1v) is 9.88. The third-order valence-electron chi connectivity index (χ3n) is 3.53. The molecule has 25 heavy (non-hydrogen) atoms. The molecule has 2 aromatic rings. The molecule has 0 heterocycles. The number of benzene rings is 2. The Morgan fingerprint density at radius 3 is 2.44 bits per heavy atom. The van der Waals surface area contributed by atoms with Crippen LogP contribution in [0.1, 0.15) is 18.5 Å². The Kier molecular flexibility index (Phi) is 10.3. The molecular formula is C18H23BrIN3OS. The second-order valence-corrected chi connectivity index (χ2v) is 7.67. The lowest BCUT2D eigenvalue weighted by atomic mass is 10.1. The van der Waals surface area contributed by atoms with Crippen molar-refractivity contribution in [2.24, 2.45) is 4.99 Å². The lowest BCUT2D eigenvalue weighted by Gasteiger charge is -2.19. The van der Waals surface area contributed by atoms with E-state index in [-0.39, 0.29) is 30.0 Å². The van der Waals surface area contributed by atoms with Gasteiger partial charge in [0.25, 0.3) is 0 Å². The van der Waals surface area contributed by atoms with Crippen LogP contribution in [0.3, 0.4) is 0 Å². The fourth-order valence-corrected chi connectivity index (χ4v) is 3.87. The maximum Gasteiger partial charge on any atom is 0.191 e. The average Bonchev–Trinajstić information content (AvgIpc) is 2.61. The number of rotatable bonds is 6. The van der Waals surface area contributed by atoms with Gasteiger partial charge in [0.1, 0.15) is 0 Å². The molecule has 0 saturated carbocycles. The average molecular weight is 536 g/mol. The van der Waals surface area contributed by atoms with Gasteiger partial charge in [-0.15, -0.1) is 24.0 Å². The maximum atomic E-state index is 12.2. The normalized spacial score (nSPS) is 13.5.